The first-order valence-corrected chi connectivity index (χ1v) is 8.76. The van der Waals surface area contributed by atoms with Gasteiger partial charge in [-0.2, -0.15) is 5.10 Å². The molecule has 1 atom stereocenters. The number of aromatic nitrogens is 4. The maximum Gasteiger partial charge on any atom is 0.414 e. The lowest BCUT2D eigenvalue weighted by atomic mass is 10.1. The molecular formula is C18H17FN6O4. The van der Waals surface area contributed by atoms with Crippen LogP contribution in [0.25, 0.3) is 11.4 Å². The van der Waals surface area contributed by atoms with Gasteiger partial charge in [0, 0.05) is 12.4 Å². The third-order valence-electron chi connectivity index (χ3n) is 4.39. The number of H-pyrrole nitrogens is 1. The Morgan fingerprint density at radius 2 is 2.31 bits per heavy atom. The Balaban J connectivity index is 1.48. The Hall–Kier alpha value is -3.89. The molecule has 1 aliphatic heterocycles. The number of anilines is 1. The van der Waals surface area contributed by atoms with Crippen molar-refractivity contribution in [3.8, 4) is 11.4 Å². The monoisotopic (exact) mass is 400 g/mol. The van der Waals surface area contributed by atoms with Crippen molar-refractivity contribution < 1.29 is 23.8 Å². The average molecular weight is 400 g/mol. The van der Waals surface area contributed by atoms with Gasteiger partial charge in [-0.1, -0.05) is 0 Å². The van der Waals surface area contributed by atoms with E-state index in [0.29, 0.717) is 18.1 Å². The van der Waals surface area contributed by atoms with Gasteiger partial charge < -0.3 is 20.1 Å². The van der Waals surface area contributed by atoms with Gasteiger partial charge in [-0.05, 0) is 24.3 Å². The highest BCUT2D eigenvalue weighted by Gasteiger charge is 2.33. The minimum atomic E-state index is -1.21. The number of aromatic amines is 1. The third-order valence-corrected chi connectivity index (χ3v) is 4.39. The van der Waals surface area contributed by atoms with Crippen LogP contribution in [-0.4, -0.2) is 56.2 Å². The summed E-state index contributed by atoms with van der Waals surface area (Å²) in [5.41, 5.74) is 1.35. The molecule has 0 bridgehead atoms. The van der Waals surface area contributed by atoms with Crippen molar-refractivity contribution in [1.82, 2.24) is 25.1 Å². The van der Waals surface area contributed by atoms with Crippen LogP contribution in [0.2, 0.25) is 0 Å². The number of nitrogens with one attached hydrogen (secondary N) is 2. The van der Waals surface area contributed by atoms with E-state index in [1.807, 2.05) is 6.20 Å². The van der Waals surface area contributed by atoms with Crippen LogP contribution in [0.15, 0.2) is 42.9 Å². The number of carbonyl (C=O) groups excluding carboxylic acids is 1. The second-order valence-corrected chi connectivity index (χ2v) is 6.43. The maximum atomic E-state index is 14.7. The number of carboxylic acid groups (broad SMARTS) is 1. The van der Waals surface area contributed by atoms with Crippen LogP contribution in [0.1, 0.15) is 5.69 Å². The summed E-state index contributed by atoms with van der Waals surface area (Å²) in [6, 6.07) is 6.14. The molecule has 2 aromatic heterocycles. The van der Waals surface area contributed by atoms with Crippen molar-refractivity contribution in [3.63, 3.8) is 0 Å². The van der Waals surface area contributed by atoms with Crippen molar-refractivity contribution in [2.75, 3.05) is 18.0 Å². The summed E-state index contributed by atoms with van der Waals surface area (Å²) in [6.45, 7) is 0.557. The van der Waals surface area contributed by atoms with Gasteiger partial charge >= 0.3 is 12.2 Å². The number of benzene rings is 1. The number of nitrogens with zero attached hydrogens (tertiary/aromatic N) is 4. The van der Waals surface area contributed by atoms with E-state index in [-0.39, 0.29) is 18.7 Å². The molecule has 1 aliphatic rings. The van der Waals surface area contributed by atoms with Crippen molar-refractivity contribution in [2.45, 2.75) is 12.6 Å². The Labute approximate surface area is 163 Å². The standard InChI is InChI=1S/C18H17FN6O4/c19-15-6-12(25-10-13(29-18(25)28)8-21-17(26)27)2-3-14(15)16-20-7-11(23-16)9-24-5-1-4-22-24/h1-7,13,21H,8-10H2,(H,20,23)(H,26,27). The van der Waals surface area contributed by atoms with E-state index < -0.39 is 24.1 Å². The van der Waals surface area contributed by atoms with Crippen LogP contribution in [-0.2, 0) is 11.3 Å². The van der Waals surface area contributed by atoms with E-state index in [9.17, 15) is 14.0 Å². The fourth-order valence-corrected chi connectivity index (χ4v) is 3.05. The molecule has 1 aromatic carbocycles. The number of hydrogen-bond donors (Lipinski definition) is 3. The molecule has 10 nitrogen and oxygen atoms in total. The minimum absolute atomic E-state index is 0.0381. The molecule has 3 N–H and O–H groups in total. The number of hydrogen-bond acceptors (Lipinski definition) is 5. The van der Waals surface area contributed by atoms with Crippen LogP contribution < -0.4 is 10.2 Å². The summed E-state index contributed by atoms with van der Waals surface area (Å²) in [6.07, 6.45) is 2.58. The fraction of sp³-hybridized carbons (Fsp3) is 0.222. The molecule has 150 valence electrons. The molecule has 11 heteroatoms. The maximum absolute atomic E-state index is 14.7. The van der Waals surface area contributed by atoms with Gasteiger partial charge in [0.15, 0.2) is 0 Å². The first kappa shape index (κ1) is 18.5. The fourth-order valence-electron chi connectivity index (χ4n) is 3.05. The molecule has 0 aliphatic carbocycles. The van der Waals surface area contributed by atoms with Crippen LogP contribution in [0.5, 0.6) is 0 Å². The number of imidazole rings is 1. The molecule has 3 heterocycles. The summed E-state index contributed by atoms with van der Waals surface area (Å²) < 4.78 is 21.5. The zero-order valence-electron chi connectivity index (χ0n) is 15.1. The highest BCUT2D eigenvalue weighted by molar-refractivity contribution is 5.90. The Morgan fingerprint density at radius 3 is 3.03 bits per heavy atom. The Morgan fingerprint density at radius 1 is 1.45 bits per heavy atom. The van der Waals surface area contributed by atoms with Gasteiger partial charge in [0.1, 0.15) is 17.7 Å². The van der Waals surface area contributed by atoms with Gasteiger partial charge in [-0.15, -0.1) is 0 Å². The SMILES string of the molecule is O=C(O)NCC1CN(c2ccc(-c3ncc(Cn4cccn4)[nH]3)c(F)c2)C(=O)O1. The summed E-state index contributed by atoms with van der Waals surface area (Å²) in [4.78, 5) is 31.1. The predicted molar refractivity (Wildman–Crippen MR) is 99.0 cm³/mol. The number of rotatable bonds is 6. The highest BCUT2D eigenvalue weighted by Crippen LogP contribution is 2.27. The number of cyclic esters (lactones) is 1. The van der Waals surface area contributed by atoms with Gasteiger partial charge in [0.2, 0.25) is 0 Å². The minimum Gasteiger partial charge on any atom is -0.465 e. The van der Waals surface area contributed by atoms with Crippen molar-refractivity contribution in [1.29, 1.82) is 0 Å². The number of amides is 2. The molecule has 0 radical (unpaired) electrons. The molecule has 1 unspecified atom stereocenters. The second kappa shape index (κ2) is 7.62. The smallest absolute Gasteiger partial charge is 0.414 e. The van der Waals surface area contributed by atoms with Crippen LogP contribution in [0, 0.1) is 5.82 Å². The lowest BCUT2D eigenvalue weighted by Gasteiger charge is -2.14. The summed E-state index contributed by atoms with van der Waals surface area (Å²) in [7, 11) is 0. The molecule has 2 amide bonds. The first-order chi connectivity index (χ1) is 14.0. The van der Waals surface area contributed by atoms with E-state index in [1.165, 1.54) is 17.0 Å². The van der Waals surface area contributed by atoms with E-state index in [1.54, 1.807) is 29.2 Å². The van der Waals surface area contributed by atoms with E-state index in [0.717, 1.165) is 5.69 Å². The average Bonchev–Trinajstić information content (AvgIpc) is 3.42. The Bertz CT molecular complexity index is 1030. The van der Waals surface area contributed by atoms with Gasteiger partial charge in [-0.25, -0.2) is 19.0 Å². The zero-order valence-corrected chi connectivity index (χ0v) is 15.1. The lowest BCUT2D eigenvalue weighted by Crippen LogP contribution is -2.33. The van der Waals surface area contributed by atoms with Gasteiger partial charge in [-0.3, -0.25) is 9.58 Å². The molecule has 29 heavy (non-hydrogen) atoms. The molecule has 3 aromatic rings. The molecule has 4 rings (SSSR count). The molecule has 1 fully saturated rings. The normalized spacial score (nSPS) is 16.1. The number of ether oxygens (including phenoxy) is 1. The molecule has 0 spiro atoms. The number of halogens is 1. The lowest BCUT2D eigenvalue weighted by molar-refractivity contribution is 0.136. The topological polar surface area (TPSA) is 125 Å². The van der Waals surface area contributed by atoms with Crippen LogP contribution >= 0.6 is 0 Å². The van der Waals surface area contributed by atoms with E-state index in [4.69, 9.17) is 9.84 Å². The molecular weight excluding hydrogens is 383 g/mol. The van der Waals surface area contributed by atoms with Gasteiger partial charge in [0.05, 0.1) is 42.8 Å². The largest absolute Gasteiger partial charge is 0.465 e. The van der Waals surface area contributed by atoms with Crippen molar-refractivity contribution >= 4 is 17.9 Å². The second-order valence-electron chi connectivity index (χ2n) is 6.43. The van der Waals surface area contributed by atoms with Gasteiger partial charge in [0.25, 0.3) is 0 Å². The quantitative estimate of drug-likeness (QED) is 0.582. The van der Waals surface area contributed by atoms with E-state index >= 15 is 0 Å². The zero-order chi connectivity index (χ0) is 20.4. The predicted octanol–water partition coefficient (Wildman–Crippen LogP) is 2.05. The molecule has 1 saturated heterocycles. The molecule has 0 saturated carbocycles. The van der Waals surface area contributed by atoms with Crippen molar-refractivity contribution in [3.05, 3.63) is 54.4 Å². The highest BCUT2D eigenvalue weighted by atomic mass is 19.1. The summed E-state index contributed by atoms with van der Waals surface area (Å²) >= 11 is 0. The summed E-state index contributed by atoms with van der Waals surface area (Å²) in [5, 5.41) is 14.9. The Kier molecular flexibility index (Phi) is 4.85. The third kappa shape index (κ3) is 4.03. The van der Waals surface area contributed by atoms with Crippen LogP contribution in [0.4, 0.5) is 19.7 Å². The van der Waals surface area contributed by atoms with Crippen molar-refractivity contribution in [2.24, 2.45) is 0 Å². The number of carbonyl (C=O) groups is 2. The van der Waals surface area contributed by atoms with E-state index in [2.05, 4.69) is 20.4 Å². The first-order valence-electron chi connectivity index (χ1n) is 8.76. The van der Waals surface area contributed by atoms with Crippen LogP contribution in [0.3, 0.4) is 0 Å². The summed E-state index contributed by atoms with van der Waals surface area (Å²) in [5.74, 6) is -0.189.